The molecule has 0 unspecified atom stereocenters. The van der Waals surface area contributed by atoms with E-state index in [2.05, 4.69) is 47.0 Å². The van der Waals surface area contributed by atoms with Crippen LogP contribution in [0.3, 0.4) is 0 Å². The lowest BCUT2D eigenvalue weighted by molar-refractivity contribution is -0.121. The maximum absolute atomic E-state index is 12.8. The van der Waals surface area contributed by atoms with E-state index >= 15 is 0 Å². The standard InChI is InChI=1S/C26H34N4O/c1-19-14-22(24-8-6-21(15-27)26-25(24)4-3-11-28-26)17-30(16-19)18-23(31)7-5-20-9-12-29(2)13-10-20/h3-4,6,8,11,19-20,22H,5,7,9-10,12-14,16-18H2,1-2H3/t19-,22+/m1/s1. The summed E-state index contributed by atoms with van der Waals surface area (Å²) in [5, 5.41) is 10.5. The minimum atomic E-state index is 0.366. The highest BCUT2D eigenvalue weighted by atomic mass is 16.1. The van der Waals surface area contributed by atoms with Crippen LogP contribution in [0.1, 0.15) is 56.1 Å². The van der Waals surface area contributed by atoms with Gasteiger partial charge in [-0.15, -0.1) is 0 Å². The van der Waals surface area contributed by atoms with Crippen LogP contribution in [0, 0.1) is 23.2 Å². The van der Waals surface area contributed by atoms with Crippen molar-refractivity contribution in [1.82, 2.24) is 14.8 Å². The topological polar surface area (TPSA) is 60.2 Å². The van der Waals surface area contributed by atoms with Gasteiger partial charge in [0.1, 0.15) is 11.9 Å². The molecule has 31 heavy (non-hydrogen) atoms. The number of carbonyl (C=O) groups is 1. The highest BCUT2D eigenvalue weighted by molar-refractivity contribution is 5.87. The summed E-state index contributed by atoms with van der Waals surface area (Å²) in [6.07, 6.45) is 7.08. The van der Waals surface area contributed by atoms with E-state index in [1.54, 1.807) is 6.20 Å². The molecule has 5 nitrogen and oxygen atoms in total. The predicted molar refractivity (Wildman–Crippen MR) is 124 cm³/mol. The smallest absolute Gasteiger partial charge is 0.146 e. The van der Waals surface area contributed by atoms with Crippen molar-refractivity contribution in [3.63, 3.8) is 0 Å². The maximum atomic E-state index is 12.8. The first-order valence-electron chi connectivity index (χ1n) is 11.7. The number of pyridine rings is 1. The number of nitrogens with zero attached hydrogens (tertiary/aromatic N) is 4. The summed E-state index contributed by atoms with van der Waals surface area (Å²) in [5.41, 5.74) is 2.68. The fourth-order valence-electron chi connectivity index (χ4n) is 5.50. The third-order valence-corrected chi connectivity index (χ3v) is 7.17. The van der Waals surface area contributed by atoms with Gasteiger partial charge < -0.3 is 4.90 Å². The highest BCUT2D eigenvalue weighted by Gasteiger charge is 2.28. The Morgan fingerprint density at radius 2 is 2.03 bits per heavy atom. The average molecular weight is 419 g/mol. The zero-order valence-electron chi connectivity index (χ0n) is 18.9. The molecule has 0 aliphatic carbocycles. The molecule has 2 fully saturated rings. The molecule has 164 valence electrons. The Morgan fingerprint density at radius 3 is 2.81 bits per heavy atom. The van der Waals surface area contributed by atoms with Gasteiger partial charge in [-0.2, -0.15) is 5.26 Å². The molecule has 2 aliphatic rings. The summed E-state index contributed by atoms with van der Waals surface area (Å²) in [5.74, 6) is 2.01. The number of likely N-dealkylation sites (tertiary alicyclic amines) is 2. The van der Waals surface area contributed by atoms with Crippen LogP contribution in [-0.2, 0) is 4.79 Å². The number of nitriles is 1. The molecule has 2 aliphatic heterocycles. The highest BCUT2D eigenvalue weighted by Crippen LogP contribution is 2.35. The number of Topliss-reactive ketones (excluding diaryl/α,β-unsaturated/α-hetero) is 1. The molecular weight excluding hydrogens is 384 g/mol. The van der Waals surface area contributed by atoms with E-state index in [0.29, 0.717) is 42.1 Å². The van der Waals surface area contributed by atoms with Crippen LogP contribution in [0.2, 0.25) is 0 Å². The summed E-state index contributed by atoms with van der Waals surface area (Å²) in [6.45, 7) is 7.07. The lowest BCUT2D eigenvalue weighted by Crippen LogP contribution is -2.41. The van der Waals surface area contributed by atoms with Crippen molar-refractivity contribution in [2.75, 3.05) is 39.8 Å². The Labute approximate surface area is 186 Å². The normalized spacial score (nSPS) is 23.6. The van der Waals surface area contributed by atoms with Crippen LogP contribution in [0.25, 0.3) is 10.9 Å². The number of benzene rings is 1. The predicted octanol–water partition coefficient (Wildman–Crippen LogP) is 4.22. The zero-order chi connectivity index (χ0) is 21.8. The number of carbonyl (C=O) groups excluding carboxylic acids is 1. The van der Waals surface area contributed by atoms with Crippen molar-refractivity contribution in [3.05, 3.63) is 41.6 Å². The van der Waals surface area contributed by atoms with E-state index in [1.807, 2.05) is 12.1 Å². The minimum absolute atomic E-state index is 0.366. The van der Waals surface area contributed by atoms with Gasteiger partial charge in [-0.1, -0.05) is 19.1 Å². The second-order valence-corrected chi connectivity index (χ2v) is 9.77. The quantitative estimate of drug-likeness (QED) is 0.703. The minimum Gasteiger partial charge on any atom is -0.306 e. The van der Waals surface area contributed by atoms with Crippen molar-refractivity contribution >= 4 is 16.7 Å². The second kappa shape index (κ2) is 9.89. The molecule has 0 amide bonds. The van der Waals surface area contributed by atoms with Crippen molar-refractivity contribution in [2.45, 2.75) is 44.9 Å². The number of aromatic nitrogens is 1. The Bertz CT molecular complexity index is 958. The van der Waals surface area contributed by atoms with E-state index in [9.17, 15) is 10.1 Å². The van der Waals surface area contributed by atoms with Gasteiger partial charge in [0.25, 0.3) is 0 Å². The molecule has 2 atom stereocenters. The summed E-state index contributed by atoms with van der Waals surface area (Å²) in [4.78, 5) is 22.0. The first kappa shape index (κ1) is 21.9. The number of rotatable bonds is 6. The molecule has 1 aromatic heterocycles. The van der Waals surface area contributed by atoms with Crippen molar-refractivity contribution in [2.24, 2.45) is 11.8 Å². The molecule has 3 heterocycles. The van der Waals surface area contributed by atoms with E-state index in [1.165, 1.54) is 18.4 Å². The van der Waals surface area contributed by atoms with Crippen LogP contribution in [0.5, 0.6) is 0 Å². The average Bonchev–Trinajstić information content (AvgIpc) is 2.77. The second-order valence-electron chi connectivity index (χ2n) is 9.77. The monoisotopic (exact) mass is 418 g/mol. The van der Waals surface area contributed by atoms with E-state index < -0.39 is 0 Å². The number of fused-ring (bicyclic) bond motifs is 1. The Morgan fingerprint density at radius 1 is 1.23 bits per heavy atom. The molecule has 2 saturated heterocycles. The number of piperidine rings is 2. The van der Waals surface area contributed by atoms with Crippen LogP contribution in [-0.4, -0.2) is 60.3 Å². The number of hydrogen-bond donors (Lipinski definition) is 0. The van der Waals surface area contributed by atoms with Gasteiger partial charge in [0, 0.05) is 31.1 Å². The lowest BCUT2D eigenvalue weighted by atomic mass is 9.83. The van der Waals surface area contributed by atoms with Crippen LogP contribution in [0.4, 0.5) is 0 Å². The van der Waals surface area contributed by atoms with Crippen LogP contribution < -0.4 is 0 Å². The Hall–Kier alpha value is -2.29. The van der Waals surface area contributed by atoms with Crippen molar-refractivity contribution in [3.8, 4) is 6.07 Å². The molecule has 0 radical (unpaired) electrons. The summed E-state index contributed by atoms with van der Waals surface area (Å²) >= 11 is 0. The van der Waals surface area contributed by atoms with E-state index in [4.69, 9.17) is 0 Å². The molecule has 0 saturated carbocycles. The fraction of sp³-hybridized carbons (Fsp3) is 0.577. The summed E-state index contributed by atoms with van der Waals surface area (Å²) < 4.78 is 0. The molecule has 2 aromatic rings. The van der Waals surface area contributed by atoms with E-state index in [-0.39, 0.29) is 0 Å². The van der Waals surface area contributed by atoms with Crippen molar-refractivity contribution < 1.29 is 4.79 Å². The first-order chi connectivity index (χ1) is 15.0. The van der Waals surface area contributed by atoms with E-state index in [0.717, 1.165) is 49.9 Å². The Balaban J connectivity index is 1.40. The molecular formula is C26H34N4O. The molecule has 5 heteroatoms. The van der Waals surface area contributed by atoms with Gasteiger partial charge in [0.15, 0.2) is 0 Å². The summed E-state index contributed by atoms with van der Waals surface area (Å²) in [6, 6.07) is 10.3. The number of hydrogen-bond acceptors (Lipinski definition) is 5. The molecule has 0 bridgehead atoms. The lowest BCUT2D eigenvalue weighted by Gasteiger charge is -2.37. The third kappa shape index (κ3) is 5.31. The third-order valence-electron chi connectivity index (χ3n) is 7.17. The van der Waals surface area contributed by atoms with Gasteiger partial charge in [0.05, 0.1) is 17.6 Å². The van der Waals surface area contributed by atoms with Gasteiger partial charge in [-0.25, -0.2) is 0 Å². The van der Waals surface area contributed by atoms with Crippen LogP contribution >= 0.6 is 0 Å². The van der Waals surface area contributed by atoms with Gasteiger partial charge in [0.2, 0.25) is 0 Å². The van der Waals surface area contributed by atoms with Gasteiger partial charge in [-0.05, 0) is 81.3 Å². The largest absolute Gasteiger partial charge is 0.306 e. The van der Waals surface area contributed by atoms with Gasteiger partial charge >= 0.3 is 0 Å². The Kier molecular flexibility index (Phi) is 6.99. The maximum Gasteiger partial charge on any atom is 0.146 e. The van der Waals surface area contributed by atoms with Crippen molar-refractivity contribution in [1.29, 1.82) is 5.26 Å². The molecule has 0 N–H and O–H groups in total. The first-order valence-corrected chi connectivity index (χ1v) is 11.7. The van der Waals surface area contributed by atoms with Gasteiger partial charge in [-0.3, -0.25) is 14.7 Å². The van der Waals surface area contributed by atoms with Crippen LogP contribution in [0.15, 0.2) is 30.5 Å². The zero-order valence-corrected chi connectivity index (χ0v) is 18.9. The number of ketones is 1. The molecule has 4 rings (SSSR count). The molecule has 1 aromatic carbocycles. The summed E-state index contributed by atoms with van der Waals surface area (Å²) in [7, 11) is 2.18. The SMILES string of the molecule is C[C@@H]1C[C@H](c2ccc(C#N)c3ncccc23)CN(CC(=O)CCC2CCN(C)CC2)C1. The molecule has 0 spiro atoms. The fourth-order valence-corrected chi connectivity index (χ4v) is 5.50.